The normalized spacial score (nSPS) is 16.4. The summed E-state index contributed by atoms with van der Waals surface area (Å²) in [6.07, 6.45) is -4.35. The fourth-order valence-corrected chi connectivity index (χ4v) is 1.94. The number of nitrogens with one attached hydrogen (secondary N) is 1. The van der Waals surface area contributed by atoms with E-state index in [0.717, 1.165) is 6.07 Å². The number of benzene rings is 1. The summed E-state index contributed by atoms with van der Waals surface area (Å²) >= 11 is 4.95. The monoisotopic (exact) mass is 246 g/mol. The van der Waals surface area contributed by atoms with Gasteiger partial charge in [0.15, 0.2) is 5.11 Å². The molecule has 0 unspecified atom stereocenters. The van der Waals surface area contributed by atoms with Crippen LogP contribution in [-0.4, -0.2) is 18.2 Å². The van der Waals surface area contributed by atoms with Crippen LogP contribution in [0.4, 0.5) is 18.9 Å². The van der Waals surface area contributed by atoms with E-state index >= 15 is 0 Å². The van der Waals surface area contributed by atoms with E-state index < -0.39 is 11.7 Å². The summed E-state index contributed by atoms with van der Waals surface area (Å²) in [5.41, 5.74) is -0.536. The molecule has 86 valence electrons. The number of rotatable bonds is 1. The second-order valence-electron chi connectivity index (χ2n) is 3.40. The highest BCUT2D eigenvalue weighted by Crippen LogP contribution is 2.36. The van der Waals surface area contributed by atoms with Crippen LogP contribution in [0, 0.1) is 0 Å². The van der Waals surface area contributed by atoms with Crippen LogP contribution in [0.15, 0.2) is 24.3 Å². The summed E-state index contributed by atoms with van der Waals surface area (Å²) in [6.45, 7) is 1.04. The van der Waals surface area contributed by atoms with Crippen molar-refractivity contribution in [1.29, 1.82) is 0 Å². The minimum atomic E-state index is -4.35. The third kappa shape index (κ3) is 1.97. The Morgan fingerprint density at radius 3 is 2.50 bits per heavy atom. The number of nitrogens with zero attached hydrogens (tertiary/aromatic N) is 1. The van der Waals surface area contributed by atoms with Gasteiger partial charge in [0.05, 0.1) is 11.3 Å². The largest absolute Gasteiger partial charge is 0.418 e. The van der Waals surface area contributed by atoms with Gasteiger partial charge in [0.2, 0.25) is 0 Å². The zero-order chi connectivity index (χ0) is 11.8. The summed E-state index contributed by atoms with van der Waals surface area (Å²) in [5, 5.41) is 3.18. The summed E-state index contributed by atoms with van der Waals surface area (Å²) in [4.78, 5) is 1.47. The molecule has 0 aliphatic carbocycles. The first-order valence-corrected chi connectivity index (χ1v) is 5.12. The van der Waals surface area contributed by atoms with Crippen LogP contribution in [0.1, 0.15) is 5.56 Å². The van der Waals surface area contributed by atoms with E-state index in [4.69, 9.17) is 12.2 Å². The molecule has 1 aliphatic heterocycles. The lowest BCUT2D eigenvalue weighted by molar-refractivity contribution is -0.137. The zero-order valence-electron chi connectivity index (χ0n) is 8.21. The quantitative estimate of drug-likeness (QED) is 0.766. The van der Waals surface area contributed by atoms with E-state index in [0.29, 0.717) is 18.2 Å². The Morgan fingerprint density at radius 2 is 1.94 bits per heavy atom. The molecular formula is C10H9F3N2S. The molecule has 1 saturated heterocycles. The molecule has 2 rings (SSSR count). The Hall–Kier alpha value is -1.30. The van der Waals surface area contributed by atoms with Crippen molar-refractivity contribution in [3.8, 4) is 0 Å². The van der Waals surface area contributed by atoms with Crippen LogP contribution in [0.25, 0.3) is 0 Å². The lowest BCUT2D eigenvalue weighted by Crippen LogP contribution is -2.29. The molecule has 0 aromatic heterocycles. The number of hydrogen-bond donors (Lipinski definition) is 1. The molecule has 1 fully saturated rings. The molecule has 1 aromatic carbocycles. The highest BCUT2D eigenvalue weighted by atomic mass is 32.1. The Bertz CT molecular complexity index is 417. The van der Waals surface area contributed by atoms with Crippen molar-refractivity contribution in [3.05, 3.63) is 29.8 Å². The molecule has 0 spiro atoms. The number of thiocarbonyl (C=S) groups is 1. The highest BCUT2D eigenvalue weighted by molar-refractivity contribution is 7.80. The van der Waals surface area contributed by atoms with E-state index in [1.807, 2.05) is 0 Å². The molecule has 0 atom stereocenters. The van der Waals surface area contributed by atoms with Crippen LogP contribution in [0.5, 0.6) is 0 Å². The van der Waals surface area contributed by atoms with Crippen molar-refractivity contribution in [3.63, 3.8) is 0 Å². The maximum absolute atomic E-state index is 12.7. The average molecular weight is 246 g/mol. The van der Waals surface area contributed by atoms with Gasteiger partial charge in [-0.3, -0.25) is 0 Å². The molecule has 0 saturated carbocycles. The van der Waals surface area contributed by atoms with Crippen molar-refractivity contribution in [1.82, 2.24) is 5.32 Å². The van der Waals surface area contributed by atoms with Crippen molar-refractivity contribution < 1.29 is 13.2 Å². The van der Waals surface area contributed by atoms with Gasteiger partial charge in [-0.05, 0) is 24.4 Å². The number of halogens is 3. The second kappa shape index (κ2) is 3.93. The van der Waals surface area contributed by atoms with Gasteiger partial charge in [-0.1, -0.05) is 12.1 Å². The third-order valence-electron chi connectivity index (χ3n) is 2.36. The lowest BCUT2D eigenvalue weighted by atomic mass is 10.1. The molecule has 0 amide bonds. The Kier molecular flexibility index (Phi) is 2.75. The fourth-order valence-electron chi connectivity index (χ4n) is 1.65. The van der Waals surface area contributed by atoms with Gasteiger partial charge in [-0.2, -0.15) is 13.2 Å². The standard InChI is InChI=1S/C10H9F3N2S/c11-10(12,13)7-3-1-2-4-8(7)15-6-5-14-9(15)16/h1-4H,5-6H2,(H,14,16). The number of alkyl halides is 3. The summed E-state index contributed by atoms with van der Waals surface area (Å²) < 4.78 is 38.2. The second-order valence-corrected chi connectivity index (χ2v) is 3.79. The predicted octanol–water partition coefficient (Wildman–Crippen LogP) is 2.40. The van der Waals surface area contributed by atoms with Gasteiger partial charge < -0.3 is 10.2 Å². The fraction of sp³-hybridized carbons (Fsp3) is 0.300. The van der Waals surface area contributed by atoms with Gasteiger partial charge in [0, 0.05) is 13.1 Å². The van der Waals surface area contributed by atoms with Crippen LogP contribution in [0.3, 0.4) is 0 Å². The zero-order valence-corrected chi connectivity index (χ0v) is 9.03. The van der Waals surface area contributed by atoms with E-state index in [-0.39, 0.29) is 5.69 Å². The van der Waals surface area contributed by atoms with Crippen LogP contribution < -0.4 is 10.2 Å². The lowest BCUT2D eigenvalue weighted by Gasteiger charge is -2.21. The molecule has 2 nitrogen and oxygen atoms in total. The Labute approximate surface area is 96.1 Å². The average Bonchev–Trinajstić information content (AvgIpc) is 2.63. The van der Waals surface area contributed by atoms with Crippen LogP contribution in [0.2, 0.25) is 0 Å². The third-order valence-corrected chi connectivity index (χ3v) is 2.72. The van der Waals surface area contributed by atoms with Gasteiger partial charge in [-0.15, -0.1) is 0 Å². The Morgan fingerprint density at radius 1 is 1.25 bits per heavy atom. The topological polar surface area (TPSA) is 15.3 Å². The van der Waals surface area contributed by atoms with Crippen molar-refractivity contribution in [2.24, 2.45) is 0 Å². The smallest absolute Gasteiger partial charge is 0.360 e. The summed E-state index contributed by atoms with van der Waals surface area (Å²) in [7, 11) is 0. The highest BCUT2D eigenvalue weighted by Gasteiger charge is 2.35. The first kappa shape index (κ1) is 11.2. The van der Waals surface area contributed by atoms with E-state index in [1.54, 1.807) is 6.07 Å². The SMILES string of the molecule is FC(F)(F)c1ccccc1N1CCNC1=S. The molecule has 0 bridgehead atoms. The minimum Gasteiger partial charge on any atom is -0.360 e. The molecule has 16 heavy (non-hydrogen) atoms. The van der Waals surface area contributed by atoms with Gasteiger partial charge >= 0.3 is 6.18 Å². The van der Waals surface area contributed by atoms with Gasteiger partial charge in [-0.25, -0.2) is 0 Å². The maximum Gasteiger partial charge on any atom is 0.418 e. The Balaban J connectivity index is 2.44. The maximum atomic E-state index is 12.7. The summed E-state index contributed by atoms with van der Waals surface area (Å²) in [5.74, 6) is 0. The van der Waals surface area contributed by atoms with Gasteiger partial charge in [0.25, 0.3) is 0 Å². The number of anilines is 1. The van der Waals surface area contributed by atoms with Gasteiger partial charge in [0.1, 0.15) is 0 Å². The predicted molar refractivity (Wildman–Crippen MR) is 59.4 cm³/mol. The van der Waals surface area contributed by atoms with Crippen molar-refractivity contribution in [2.45, 2.75) is 6.18 Å². The molecule has 1 N–H and O–H groups in total. The van der Waals surface area contributed by atoms with E-state index in [9.17, 15) is 13.2 Å². The minimum absolute atomic E-state index is 0.116. The molecule has 1 heterocycles. The van der Waals surface area contributed by atoms with Crippen LogP contribution >= 0.6 is 12.2 Å². The number of para-hydroxylation sites is 1. The molecule has 6 heteroatoms. The molecule has 1 aliphatic rings. The first-order chi connectivity index (χ1) is 7.50. The number of hydrogen-bond acceptors (Lipinski definition) is 1. The van der Waals surface area contributed by atoms with E-state index in [2.05, 4.69) is 5.32 Å². The summed E-state index contributed by atoms with van der Waals surface area (Å²) in [6, 6.07) is 5.45. The molecular weight excluding hydrogens is 237 g/mol. The van der Waals surface area contributed by atoms with Crippen LogP contribution in [-0.2, 0) is 6.18 Å². The van der Waals surface area contributed by atoms with Crippen molar-refractivity contribution >= 4 is 23.0 Å². The van der Waals surface area contributed by atoms with E-state index in [1.165, 1.54) is 17.0 Å². The molecule has 0 radical (unpaired) electrons. The van der Waals surface area contributed by atoms with Crippen molar-refractivity contribution in [2.75, 3.05) is 18.0 Å². The molecule has 1 aromatic rings. The first-order valence-electron chi connectivity index (χ1n) is 4.72.